The van der Waals surface area contributed by atoms with Crippen LogP contribution in [0, 0.1) is 0 Å². The molecule has 5 N–H and O–H groups in total. The average molecular weight is 645 g/mol. The molecule has 0 amide bonds. The van der Waals surface area contributed by atoms with Crippen molar-refractivity contribution in [3.63, 3.8) is 0 Å². The van der Waals surface area contributed by atoms with Crippen LogP contribution in [0.4, 0.5) is 0 Å². The maximum absolute atomic E-state index is 10.6. The molecule has 228 valence electrons. The Bertz CT molecular complexity index is 717. The summed E-state index contributed by atoms with van der Waals surface area (Å²) in [6, 6.07) is 0. The summed E-state index contributed by atoms with van der Waals surface area (Å²) in [5.74, 6) is -10.7. The van der Waals surface area contributed by atoms with Gasteiger partial charge in [-0.05, 0) is 0 Å². The zero-order valence-corrected chi connectivity index (χ0v) is 26.9. The third kappa shape index (κ3) is 32.4. The van der Waals surface area contributed by atoms with Gasteiger partial charge in [0.25, 0.3) is 0 Å². The molecule has 0 heterocycles. The molecule has 0 aromatic heterocycles. The van der Waals surface area contributed by atoms with E-state index in [0.717, 1.165) is 19.6 Å². The molecule has 0 aromatic carbocycles. The first-order chi connectivity index (χ1) is 18.4. The molecule has 0 saturated heterocycles. The minimum atomic E-state index is -1.52. The van der Waals surface area contributed by atoms with Crippen molar-refractivity contribution in [2.24, 2.45) is 0 Å². The van der Waals surface area contributed by atoms with Crippen LogP contribution in [0.2, 0.25) is 0 Å². The molecule has 0 aliphatic rings. The Morgan fingerprint density at radius 1 is 0.381 bits per heavy atom. The molecule has 0 fully saturated rings. The van der Waals surface area contributed by atoms with Crippen molar-refractivity contribution in [2.75, 3.05) is 78.5 Å². The summed E-state index contributed by atoms with van der Waals surface area (Å²) in [4.78, 5) is 88.0. The number of carbonyl (C=O) groups excluding carboxylic acids is 3. The molecule has 0 unspecified atom stereocenters. The molecule has 0 spiro atoms. The van der Waals surface area contributed by atoms with E-state index in [9.17, 15) is 53.7 Å². The summed E-state index contributed by atoms with van der Waals surface area (Å²) in [6.07, 6.45) is 0. The Morgan fingerprint density at radius 2 is 0.524 bits per heavy atom. The van der Waals surface area contributed by atoms with Crippen LogP contribution < -0.4 is 44.9 Å². The number of carboxylic acids is 8. The minimum absolute atomic E-state index is 0. The van der Waals surface area contributed by atoms with Gasteiger partial charge in [0, 0.05) is 45.8 Å². The number of nitrogens with zero attached hydrogens (tertiary/aromatic N) is 4. The molecular weight excluding hydrogens is 615 g/mol. The smallest absolute Gasteiger partial charge is 0.549 e. The Morgan fingerprint density at radius 3 is 0.667 bits per heavy atom. The van der Waals surface area contributed by atoms with Gasteiger partial charge in [0.1, 0.15) is 0 Å². The maximum Gasteiger partial charge on any atom is 2.00 e. The number of rotatable bonds is 22. The van der Waals surface area contributed by atoms with Crippen molar-refractivity contribution in [2.45, 2.75) is 0 Å². The molecule has 0 rings (SSSR count). The van der Waals surface area contributed by atoms with Crippen LogP contribution in [0.5, 0.6) is 0 Å². The van der Waals surface area contributed by atoms with E-state index >= 15 is 0 Å². The average Bonchev–Trinajstić information content (AvgIpc) is 2.72. The number of hydrogen-bond donors (Lipinski definition) is 5. The Labute approximate surface area is 290 Å². The second-order valence-corrected chi connectivity index (χ2v) is 7.93. The fraction of sp³-hybridized carbons (Fsp3) is 0.600. The summed E-state index contributed by atoms with van der Waals surface area (Å²) in [5.41, 5.74) is 0. The fourth-order valence-electron chi connectivity index (χ4n) is 2.93. The molecule has 0 aliphatic heterocycles. The molecule has 0 bridgehead atoms. The number of carbonyl (C=O) groups is 8. The molecule has 22 heteroatoms. The third-order valence-corrected chi connectivity index (χ3v) is 4.32. The minimum Gasteiger partial charge on any atom is -0.549 e. The molecule has 20 nitrogen and oxygen atoms in total. The molecule has 42 heavy (non-hydrogen) atoms. The predicted molar refractivity (Wildman–Crippen MR) is 125 cm³/mol. The molecular formula is C20H29CaN4NaO16. The van der Waals surface area contributed by atoms with E-state index in [0.29, 0.717) is 0 Å². The van der Waals surface area contributed by atoms with E-state index in [4.69, 9.17) is 25.5 Å². The Balaban J connectivity index is -0.000000328. The van der Waals surface area contributed by atoms with E-state index in [1.165, 1.54) is 0 Å². The first-order valence-electron chi connectivity index (χ1n) is 11.0. The number of aliphatic carboxylic acids is 8. The monoisotopic (exact) mass is 644 g/mol. The van der Waals surface area contributed by atoms with Crippen LogP contribution in [0.1, 0.15) is 0 Å². The van der Waals surface area contributed by atoms with Crippen molar-refractivity contribution < 1.29 is 109 Å². The van der Waals surface area contributed by atoms with E-state index < -0.39 is 100 Å². The second kappa shape index (κ2) is 26.5. The van der Waals surface area contributed by atoms with Gasteiger partial charge in [0.05, 0.1) is 50.6 Å². The van der Waals surface area contributed by atoms with Crippen molar-refractivity contribution >= 4 is 85.5 Å². The van der Waals surface area contributed by atoms with Crippen LogP contribution >= 0.6 is 0 Å². The maximum atomic E-state index is 10.6. The van der Waals surface area contributed by atoms with Crippen LogP contribution in [0.15, 0.2) is 0 Å². The van der Waals surface area contributed by atoms with Gasteiger partial charge in [-0.1, -0.05) is 0 Å². The van der Waals surface area contributed by atoms with Gasteiger partial charge in [-0.2, -0.15) is 0 Å². The topological polar surface area (TPSA) is 320 Å². The van der Waals surface area contributed by atoms with Gasteiger partial charge in [-0.15, -0.1) is 0 Å². The largest absolute Gasteiger partial charge is 2.00 e. The van der Waals surface area contributed by atoms with Gasteiger partial charge in [-0.25, -0.2) is 0 Å². The summed E-state index contributed by atoms with van der Waals surface area (Å²) in [6.45, 7) is -5.25. The molecule has 0 radical (unpaired) electrons. The summed E-state index contributed by atoms with van der Waals surface area (Å²) < 4.78 is 0. The zero-order chi connectivity index (χ0) is 31.4. The van der Waals surface area contributed by atoms with Crippen molar-refractivity contribution in [3.05, 3.63) is 0 Å². The summed E-state index contributed by atoms with van der Waals surface area (Å²) >= 11 is 0. The van der Waals surface area contributed by atoms with E-state index in [2.05, 4.69) is 0 Å². The van der Waals surface area contributed by atoms with Gasteiger partial charge >= 0.3 is 97.1 Å². The summed E-state index contributed by atoms with van der Waals surface area (Å²) in [5, 5.41) is 74.3. The van der Waals surface area contributed by atoms with E-state index in [1.807, 2.05) is 0 Å². The Kier molecular flexibility index (Phi) is 29.5. The van der Waals surface area contributed by atoms with E-state index in [-0.39, 0.29) is 93.5 Å². The van der Waals surface area contributed by atoms with Crippen molar-refractivity contribution in [3.8, 4) is 0 Å². The molecule has 0 aliphatic carbocycles. The van der Waals surface area contributed by atoms with Gasteiger partial charge in [0.15, 0.2) is 0 Å². The van der Waals surface area contributed by atoms with Gasteiger partial charge < -0.3 is 55.2 Å². The predicted octanol–water partition coefficient (Wildman–Crippen LogP) is -11.5. The summed E-state index contributed by atoms with van der Waals surface area (Å²) in [7, 11) is 0. The number of hydrogen-bond acceptors (Lipinski definition) is 15. The van der Waals surface area contributed by atoms with Crippen LogP contribution in [-0.4, -0.2) is 209 Å². The first kappa shape index (κ1) is 46.8. The zero-order valence-electron chi connectivity index (χ0n) is 22.7. The van der Waals surface area contributed by atoms with Crippen LogP contribution in [0.25, 0.3) is 0 Å². The van der Waals surface area contributed by atoms with Crippen molar-refractivity contribution in [1.82, 2.24) is 19.6 Å². The van der Waals surface area contributed by atoms with Crippen molar-refractivity contribution in [1.29, 1.82) is 0 Å². The first-order valence-corrected chi connectivity index (χ1v) is 11.0. The SMILES string of the molecule is O=C(O)CN(CCN(CC(=O)O)CC(=O)O)CC(=O)O.O=C([O-])CN(CCN(CC(=O)[O-])CC(=O)O)CC(=O)[O-].[Ca+2].[Na+]. The molecule has 0 atom stereocenters. The third-order valence-electron chi connectivity index (χ3n) is 4.32. The van der Waals surface area contributed by atoms with E-state index in [1.54, 1.807) is 0 Å². The normalized spacial score (nSPS) is 10.2. The standard InChI is InChI=1S/2C10H16N2O8.Ca.Na/c2*13-7(14)3-11(4-8(15)16)1-2-12(5-9(17)18)6-10(19)20;;/h2*1-6H2,(H,13,14)(H,15,16)(H,17,18)(H,19,20);;/q;;+2;+1/p-3. The second-order valence-electron chi connectivity index (χ2n) is 7.93. The van der Waals surface area contributed by atoms with Crippen LogP contribution in [-0.2, 0) is 38.4 Å². The quantitative estimate of drug-likeness (QED) is 0.0683. The van der Waals surface area contributed by atoms with Gasteiger partial charge in [0.2, 0.25) is 0 Å². The molecule has 0 aromatic rings. The van der Waals surface area contributed by atoms with Gasteiger partial charge in [-0.3, -0.25) is 43.6 Å². The van der Waals surface area contributed by atoms with Crippen LogP contribution in [0.3, 0.4) is 0 Å². The fourth-order valence-corrected chi connectivity index (χ4v) is 2.93. The number of carboxylic acid groups (broad SMARTS) is 8. The Hall–Kier alpha value is -2.14. The molecule has 0 saturated carbocycles.